The molecule has 0 saturated heterocycles. The lowest BCUT2D eigenvalue weighted by Crippen LogP contribution is -2.55. The van der Waals surface area contributed by atoms with Crippen LogP contribution >= 0.6 is 24.0 Å². The van der Waals surface area contributed by atoms with Crippen LogP contribution in [0.15, 0.2) is 36.4 Å². The number of carbonyl (C=O) groups excluding carboxylic acids is 3. The number of carbonyl (C=O) groups is 4. The first kappa shape index (κ1) is 33.0. The minimum atomic E-state index is -1.17. The number of rotatable bonds is 11. The third-order valence-corrected chi connectivity index (χ3v) is 6.90. The number of amides is 1. The first-order valence-electron chi connectivity index (χ1n) is 12.6. The Hall–Kier alpha value is -3.21. The Labute approximate surface area is 243 Å². The van der Waals surface area contributed by atoms with Crippen LogP contribution in [0, 0.1) is 11.7 Å². The molecule has 3 rings (SSSR count). The van der Waals surface area contributed by atoms with Crippen molar-refractivity contribution in [1.82, 2.24) is 5.32 Å². The third-order valence-electron chi connectivity index (χ3n) is 6.61. The molecule has 0 aromatic heterocycles. The highest BCUT2D eigenvalue weighted by Crippen LogP contribution is 2.42. The van der Waals surface area contributed by atoms with Crippen molar-refractivity contribution in [3.63, 3.8) is 0 Å². The number of ketones is 1. The highest BCUT2D eigenvalue weighted by molar-refractivity contribution is 6.31. The standard InChI is InChI=1S/C28H32ClFN2O7.ClH/c1-15(33)16-8-10-22-19(12-16)24(32-26(35)17-7-9-21(30)20(29)13-17)25(28(2,3)39-22)38-23(34)14-18(27(36)37)6-4-5-11-31;/h7-10,12-13,18,24-25H,4-6,11,14,31H2,1-3H3,(H,32,35)(H,36,37);1H/t18-,24+,25+;/m1./s1. The zero-order valence-electron chi connectivity index (χ0n) is 22.4. The fourth-order valence-electron chi connectivity index (χ4n) is 4.47. The first-order chi connectivity index (χ1) is 18.3. The summed E-state index contributed by atoms with van der Waals surface area (Å²) in [4.78, 5) is 50.1. The molecule has 218 valence electrons. The maximum Gasteiger partial charge on any atom is 0.307 e. The van der Waals surface area contributed by atoms with Gasteiger partial charge in [-0.15, -0.1) is 12.4 Å². The van der Waals surface area contributed by atoms with Gasteiger partial charge in [0.15, 0.2) is 11.9 Å². The number of fused-ring (bicyclic) bond motifs is 1. The average molecular weight is 599 g/mol. The van der Waals surface area contributed by atoms with Crippen LogP contribution in [-0.2, 0) is 14.3 Å². The van der Waals surface area contributed by atoms with Crippen molar-refractivity contribution >= 4 is 47.6 Å². The molecule has 1 aliphatic rings. The number of halogens is 3. The molecule has 2 aromatic rings. The van der Waals surface area contributed by atoms with Gasteiger partial charge in [-0.2, -0.15) is 0 Å². The summed E-state index contributed by atoms with van der Waals surface area (Å²) in [6.07, 6.45) is -0.0836. The Morgan fingerprint density at radius 2 is 1.82 bits per heavy atom. The van der Waals surface area contributed by atoms with E-state index in [1.54, 1.807) is 32.0 Å². The second-order valence-corrected chi connectivity index (χ2v) is 10.4. The van der Waals surface area contributed by atoms with Crippen LogP contribution in [-0.4, -0.2) is 47.0 Å². The van der Waals surface area contributed by atoms with E-state index in [1.165, 1.54) is 19.1 Å². The van der Waals surface area contributed by atoms with Gasteiger partial charge in [0.25, 0.3) is 5.91 Å². The summed E-state index contributed by atoms with van der Waals surface area (Å²) in [6, 6.07) is 7.21. The molecule has 0 fully saturated rings. The molecule has 9 nitrogen and oxygen atoms in total. The van der Waals surface area contributed by atoms with Gasteiger partial charge < -0.3 is 25.6 Å². The smallest absolute Gasteiger partial charge is 0.307 e. The molecule has 1 amide bonds. The predicted molar refractivity (Wildman–Crippen MR) is 149 cm³/mol. The van der Waals surface area contributed by atoms with Crippen molar-refractivity contribution in [1.29, 1.82) is 0 Å². The lowest BCUT2D eigenvalue weighted by molar-refractivity contribution is -0.168. The maximum absolute atomic E-state index is 13.7. The molecular weight excluding hydrogens is 566 g/mol. The minimum absolute atomic E-state index is 0. The zero-order chi connectivity index (χ0) is 28.9. The van der Waals surface area contributed by atoms with Gasteiger partial charge in [-0.25, -0.2) is 4.39 Å². The summed E-state index contributed by atoms with van der Waals surface area (Å²) in [5, 5.41) is 12.2. The number of aliphatic carboxylic acids is 1. The van der Waals surface area contributed by atoms with E-state index in [9.17, 15) is 28.7 Å². The number of ether oxygens (including phenoxy) is 2. The SMILES string of the molecule is CC(=O)c1ccc2c(c1)[C@H](NC(=O)c1ccc(F)c(Cl)c1)[C@H](OC(=O)C[C@@H](CCCCN)C(=O)O)C(C)(C)O2.Cl. The minimum Gasteiger partial charge on any atom is -0.484 e. The van der Waals surface area contributed by atoms with Crippen LogP contribution in [0.2, 0.25) is 5.02 Å². The van der Waals surface area contributed by atoms with Crippen molar-refractivity contribution in [2.75, 3.05) is 6.54 Å². The normalized spacial score (nSPS) is 17.9. The Kier molecular flexibility index (Phi) is 11.5. The quantitative estimate of drug-likeness (QED) is 0.188. The van der Waals surface area contributed by atoms with E-state index in [4.69, 9.17) is 26.8 Å². The molecule has 2 aromatic carbocycles. The molecule has 3 atom stereocenters. The van der Waals surface area contributed by atoms with Crippen LogP contribution in [0.3, 0.4) is 0 Å². The number of unbranched alkanes of at least 4 members (excludes halogenated alkanes) is 1. The Bertz CT molecular complexity index is 1270. The molecule has 40 heavy (non-hydrogen) atoms. The van der Waals surface area contributed by atoms with Gasteiger partial charge in [0.05, 0.1) is 23.4 Å². The molecule has 1 aliphatic heterocycles. The van der Waals surface area contributed by atoms with E-state index in [2.05, 4.69) is 5.32 Å². The second kappa shape index (κ2) is 13.9. The molecule has 0 radical (unpaired) electrons. The van der Waals surface area contributed by atoms with Gasteiger partial charge >= 0.3 is 11.9 Å². The number of esters is 1. The molecule has 0 spiro atoms. The number of hydrogen-bond donors (Lipinski definition) is 3. The molecule has 12 heteroatoms. The summed E-state index contributed by atoms with van der Waals surface area (Å²) < 4.78 is 25.6. The third kappa shape index (κ3) is 7.93. The summed E-state index contributed by atoms with van der Waals surface area (Å²) in [5.41, 5.74) is 5.12. The van der Waals surface area contributed by atoms with Crippen molar-refractivity contribution in [2.45, 2.75) is 64.2 Å². The van der Waals surface area contributed by atoms with E-state index in [0.29, 0.717) is 36.3 Å². The number of carboxylic acid groups (broad SMARTS) is 1. The lowest BCUT2D eigenvalue weighted by Gasteiger charge is -2.44. The first-order valence-corrected chi connectivity index (χ1v) is 12.9. The van der Waals surface area contributed by atoms with E-state index >= 15 is 0 Å². The second-order valence-electron chi connectivity index (χ2n) is 10.0. The maximum atomic E-state index is 13.7. The van der Waals surface area contributed by atoms with E-state index in [1.807, 2.05) is 0 Å². The number of Topliss-reactive ketones (excluding diaryl/α,β-unsaturated/α-hetero) is 1. The number of nitrogens with two attached hydrogens (primary N) is 1. The van der Waals surface area contributed by atoms with Crippen molar-refractivity contribution in [3.05, 3.63) is 63.9 Å². The Balaban J connectivity index is 0.00000560. The van der Waals surface area contributed by atoms with E-state index < -0.39 is 47.3 Å². The summed E-state index contributed by atoms with van der Waals surface area (Å²) in [6.45, 7) is 5.12. The molecule has 4 N–H and O–H groups in total. The zero-order valence-corrected chi connectivity index (χ0v) is 23.9. The molecule has 0 unspecified atom stereocenters. The predicted octanol–water partition coefficient (Wildman–Crippen LogP) is 4.88. The largest absolute Gasteiger partial charge is 0.484 e. The summed E-state index contributed by atoms with van der Waals surface area (Å²) in [7, 11) is 0. The van der Waals surface area contributed by atoms with Gasteiger partial charge in [0, 0.05) is 16.7 Å². The highest BCUT2D eigenvalue weighted by Gasteiger charge is 2.48. The average Bonchev–Trinajstić information content (AvgIpc) is 2.86. The molecule has 1 heterocycles. The molecular formula is C28H33Cl2FN2O7. The highest BCUT2D eigenvalue weighted by atomic mass is 35.5. The van der Waals surface area contributed by atoms with E-state index in [-0.39, 0.29) is 41.6 Å². The lowest BCUT2D eigenvalue weighted by atomic mass is 9.85. The van der Waals surface area contributed by atoms with Crippen LogP contribution in [0.4, 0.5) is 4.39 Å². The van der Waals surface area contributed by atoms with Crippen molar-refractivity contribution < 1.29 is 38.1 Å². The van der Waals surface area contributed by atoms with Gasteiger partial charge in [0.2, 0.25) is 0 Å². The monoisotopic (exact) mass is 598 g/mol. The van der Waals surface area contributed by atoms with Gasteiger partial charge in [0.1, 0.15) is 17.2 Å². The van der Waals surface area contributed by atoms with Crippen LogP contribution in [0.25, 0.3) is 0 Å². The topological polar surface area (TPSA) is 145 Å². The molecule has 0 saturated carbocycles. The van der Waals surface area contributed by atoms with Crippen LogP contribution in [0.5, 0.6) is 5.75 Å². The summed E-state index contributed by atoms with van der Waals surface area (Å²) in [5.74, 6) is -4.07. The van der Waals surface area contributed by atoms with Crippen LogP contribution < -0.4 is 15.8 Å². The Morgan fingerprint density at radius 1 is 1.15 bits per heavy atom. The van der Waals surface area contributed by atoms with Crippen molar-refractivity contribution in [3.8, 4) is 5.75 Å². The number of benzene rings is 2. The van der Waals surface area contributed by atoms with Gasteiger partial charge in [-0.1, -0.05) is 18.0 Å². The van der Waals surface area contributed by atoms with Gasteiger partial charge in [-0.3, -0.25) is 19.2 Å². The van der Waals surface area contributed by atoms with Crippen molar-refractivity contribution in [2.24, 2.45) is 11.7 Å². The number of carboxylic acids is 1. The molecule has 0 bridgehead atoms. The fourth-order valence-corrected chi connectivity index (χ4v) is 4.65. The molecule has 0 aliphatic carbocycles. The number of nitrogens with one attached hydrogen (secondary N) is 1. The summed E-state index contributed by atoms with van der Waals surface area (Å²) >= 11 is 5.86. The fraction of sp³-hybridized carbons (Fsp3) is 0.429. The number of hydrogen-bond acceptors (Lipinski definition) is 7. The van der Waals surface area contributed by atoms with Gasteiger partial charge in [-0.05, 0) is 76.6 Å². The Morgan fingerprint density at radius 3 is 2.42 bits per heavy atom. The van der Waals surface area contributed by atoms with Crippen LogP contribution in [0.1, 0.15) is 78.8 Å². The van der Waals surface area contributed by atoms with E-state index in [0.717, 1.165) is 6.07 Å².